The number of aryl methyl sites for hydroxylation is 1. The Bertz CT molecular complexity index is 1800. The summed E-state index contributed by atoms with van der Waals surface area (Å²) < 4.78 is 12.4. The summed E-state index contributed by atoms with van der Waals surface area (Å²) in [6, 6.07) is 15.5. The SMILES string of the molecule is Cc1ccsc1-c1sc2ncnc(O[C@H](Cc3ccccc3)C(=O)O)c2c1-c1ccc(OCCN2CCN(C)CC2)c(Cl)c1C. The number of piperazine rings is 1. The minimum absolute atomic E-state index is 0.197. The van der Waals surface area contributed by atoms with E-state index in [1.807, 2.05) is 49.4 Å². The van der Waals surface area contributed by atoms with Crippen LogP contribution in [0.25, 0.3) is 31.1 Å². The fraction of sp³-hybridized carbons (Fsp3) is 0.324. The number of ether oxygens (including phenoxy) is 2. The number of hydrogen-bond donors (Lipinski definition) is 1. The van der Waals surface area contributed by atoms with Crippen molar-refractivity contribution in [3.8, 4) is 32.5 Å². The number of aromatic nitrogens is 2. The molecule has 3 aromatic heterocycles. The van der Waals surface area contributed by atoms with E-state index in [0.717, 1.165) is 70.3 Å². The van der Waals surface area contributed by atoms with Crippen molar-refractivity contribution < 1.29 is 19.4 Å². The molecule has 1 atom stereocenters. The number of hydrogen-bond acceptors (Lipinski definition) is 9. The Balaban J connectivity index is 1.38. The molecule has 8 nitrogen and oxygen atoms in total. The van der Waals surface area contributed by atoms with Gasteiger partial charge in [0, 0.05) is 49.6 Å². The molecule has 2 aromatic carbocycles. The third-order valence-electron chi connectivity index (χ3n) is 8.20. The monoisotopic (exact) mass is 662 g/mol. The normalized spacial score (nSPS) is 14.9. The maximum Gasteiger partial charge on any atom is 0.345 e. The van der Waals surface area contributed by atoms with Gasteiger partial charge in [-0.05, 0) is 60.7 Å². The van der Waals surface area contributed by atoms with Crippen molar-refractivity contribution >= 4 is 50.5 Å². The van der Waals surface area contributed by atoms with Gasteiger partial charge in [-0.15, -0.1) is 22.7 Å². The van der Waals surface area contributed by atoms with Crippen molar-refractivity contribution in [2.45, 2.75) is 26.4 Å². The number of carboxylic acid groups (broad SMARTS) is 1. The van der Waals surface area contributed by atoms with Crippen LogP contribution in [-0.2, 0) is 11.2 Å². The van der Waals surface area contributed by atoms with Gasteiger partial charge < -0.3 is 19.5 Å². The summed E-state index contributed by atoms with van der Waals surface area (Å²) in [4.78, 5) is 29.0. The van der Waals surface area contributed by atoms with E-state index in [4.69, 9.17) is 21.1 Å². The number of aliphatic carboxylic acids is 1. The van der Waals surface area contributed by atoms with Gasteiger partial charge >= 0.3 is 5.97 Å². The zero-order chi connectivity index (χ0) is 31.5. The molecule has 5 aromatic rings. The second kappa shape index (κ2) is 13.8. The average Bonchev–Trinajstić information content (AvgIpc) is 3.64. The van der Waals surface area contributed by atoms with Crippen LogP contribution < -0.4 is 9.47 Å². The first-order valence-electron chi connectivity index (χ1n) is 14.9. The predicted molar refractivity (Wildman–Crippen MR) is 182 cm³/mol. The number of carboxylic acids is 1. The smallest absolute Gasteiger partial charge is 0.345 e. The van der Waals surface area contributed by atoms with Gasteiger partial charge in [0.25, 0.3) is 0 Å². The van der Waals surface area contributed by atoms with Crippen molar-refractivity contribution in [1.82, 2.24) is 19.8 Å². The van der Waals surface area contributed by atoms with Crippen LogP contribution in [0.3, 0.4) is 0 Å². The molecular formula is C34H35ClN4O4S2. The van der Waals surface area contributed by atoms with Crippen LogP contribution in [-0.4, -0.2) is 83.3 Å². The van der Waals surface area contributed by atoms with Crippen molar-refractivity contribution in [2.75, 3.05) is 46.4 Å². The zero-order valence-corrected chi connectivity index (χ0v) is 27.8. The molecule has 6 rings (SSSR count). The fourth-order valence-electron chi connectivity index (χ4n) is 5.56. The summed E-state index contributed by atoms with van der Waals surface area (Å²) in [6.45, 7) is 9.64. The van der Waals surface area contributed by atoms with E-state index in [-0.39, 0.29) is 12.3 Å². The number of halogens is 1. The van der Waals surface area contributed by atoms with Gasteiger partial charge in [0.05, 0.1) is 15.3 Å². The highest BCUT2D eigenvalue weighted by atomic mass is 35.5. The Morgan fingerprint density at radius 1 is 1.04 bits per heavy atom. The molecule has 0 spiro atoms. The molecule has 1 aliphatic heterocycles. The van der Waals surface area contributed by atoms with E-state index < -0.39 is 12.1 Å². The summed E-state index contributed by atoms with van der Waals surface area (Å²) in [5.41, 5.74) is 4.64. The Labute approximate surface area is 275 Å². The topological polar surface area (TPSA) is 88.0 Å². The fourth-order valence-corrected chi connectivity index (χ4v) is 8.07. The van der Waals surface area contributed by atoms with E-state index in [0.29, 0.717) is 27.6 Å². The van der Waals surface area contributed by atoms with Gasteiger partial charge in [-0.1, -0.05) is 48.0 Å². The van der Waals surface area contributed by atoms with Crippen LogP contribution in [0.2, 0.25) is 5.02 Å². The lowest BCUT2D eigenvalue weighted by Crippen LogP contribution is -2.45. The van der Waals surface area contributed by atoms with Gasteiger partial charge in [0.1, 0.15) is 23.5 Å². The number of thiophene rings is 2. The van der Waals surface area contributed by atoms with Crippen molar-refractivity contribution in [3.63, 3.8) is 0 Å². The van der Waals surface area contributed by atoms with Crippen molar-refractivity contribution in [3.05, 3.63) is 82.0 Å². The number of rotatable bonds is 11. The number of likely N-dealkylation sites (N-methyl/N-ethyl adjacent to an activating group) is 1. The Hall–Kier alpha value is -3.54. The minimum Gasteiger partial charge on any atom is -0.491 e. The summed E-state index contributed by atoms with van der Waals surface area (Å²) in [5.74, 6) is -0.186. The molecule has 1 saturated heterocycles. The standard InChI is InChI=1S/C34H35ClN4O4S2/c1-21-11-18-44-30(21)31-27(24-9-10-25(29(35)22(24)2)42-17-16-39-14-12-38(3)13-15-39)28-32(36-20-37-33(28)45-31)43-26(34(40)41)19-23-7-5-4-6-8-23/h4-11,18,20,26H,12-17,19H2,1-3H3,(H,40,41)/t26-/m1/s1. The molecule has 0 bridgehead atoms. The predicted octanol–water partition coefficient (Wildman–Crippen LogP) is 7.06. The molecule has 0 unspecified atom stereocenters. The lowest BCUT2D eigenvalue weighted by atomic mass is 9.97. The van der Waals surface area contributed by atoms with Gasteiger partial charge in [-0.2, -0.15) is 0 Å². The van der Waals surface area contributed by atoms with Crippen molar-refractivity contribution in [2.24, 2.45) is 0 Å². The highest BCUT2D eigenvalue weighted by Crippen LogP contribution is 2.51. The third-order valence-corrected chi connectivity index (χ3v) is 10.9. The molecule has 1 aliphatic rings. The lowest BCUT2D eigenvalue weighted by molar-refractivity contribution is -0.145. The number of fused-ring (bicyclic) bond motifs is 1. The second-order valence-electron chi connectivity index (χ2n) is 11.3. The van der Waals surface area contributed by atoms with E-state index >= 15 is 0 Å². The first-order chi connectivity index (χ1) is 21.8. The molecular weight excluding hydrogens is 628 g/mol. The summed E-state index contributed by atoms with van der Waals surface area (Å²) in [5, 5.41) is 13.4. The van der Waals surface area contributed by atoms with Crippen LogP contribution in [0.5, 0.6) is 11.6 Å². The Morgan fingerprint density at radius 2 is 1.82 bits per heavy atom. The summed E-state index contributed by atoms with van der Waals surface area (Å²) in [7, 11) is 2.15. The molecule has 1 fully saturated rings. The highest BCUT2D eigenvalue weighted by Gasteiger charge is 2.28. The first kappa shape index (κ1) is 31.4. The molecule has 11 heteroatoms. The van der Waals surface area contributed by atoms with E-state index in [2.05, 4.69) is 45.2 Å². The van der Waals surface area contributed by atoms with Crippen LogP contribution in [0, 0.1) is 13.8 Å². The number of benzene rings is 2. The van der Waals surface area contributed by atoms with Crippen molar-refractivity contribution in [1.29, 1.82) is 0 Å². The molecule has 4 heterocycles. The highest BCUT2D eigenvalue weighted by molar-refractivity contribution is 7.26. The largest absolute Gasteiger partial charge is 0.491 e. The molecule has 45 heavy (non-hydrogen) atoms. The minimum atomic E-state index is -1.13. The number of nitrogens with zero attached hydrogens (tertiary/aromatic N) is 4. The van der Waals surface area contributed by atoms with Crippen LogP contribution in [0.4, 0.5) is 0 Å². The van der Waals surface area contributed by atoms with E-state index in [9.17, 15) is 9.90 Å². The molecule has 0 saturated carbocycles. The molecule has 0 aliphatic carbocycles. The van der Waals surface area contributed by atoms with Crippen LogP contribution in [0.15, 0.2) is 60.2 Å². The molecule has 1 N–H and O–H groups in total. The average molecular weight is 663 g/mol. The van der Waals surface area contributed by atoms with Gasteiger partial charge in [-0.3, -0.25) is 4.90 Å². The van der Waals surface area contributed by atoms with E-state index in [1.165, 1.54) is 6.33 Å². The van der Waals surface area contributed by atoms with Crippen LogP contribution >= 0.6 is 34.3 Å². The van der Waals surface area contributed by atoms with Gasteiger partial charge in [-0.25, -0.2) is 14.8 Å². The van der Waals surface area contributed by atoms with Gasteiger partial charge in [0.15, 0.2) is 0 Å². The lowest BCUT2D eigenvalue weighted by Gasteiger charge is -2.32. The van der Waals surface area contributed by atoms with Crippen LogP contribution in [0.1, 0.15) is 16.7 Å². The summed E-state index contributed by atoms with van der Waals surface area (Å²) in [6.07, 6.45) is 0.496. The molecule has 0 amide bonds. The number of carbonyl (C=O) groups is 1. The quantitative estimate of drug-likeness (QED) is 0.161. The maximum atomic E-state index is 12.4. The first-order valence-corrected chi connectivity index (χ1v) is 17.0. The van der Waals surface area contributed by atoms with E-state index in [1.54, 1.807) is 22.7 Å². The van der Waals surface area contributed by atoms with Gasteiger partial charge in [0.2, 0.25) is 12.0 Å². The maximum absolute atomic E-state index is 12.4. The third kappa shape index (κ3) is 6.85. The Morgan fingerprint density at radius 3 is 2.53 bits per heavy atom. The summed E-state index contributed by atoms with van der Waals surface area (Å²) >= 11 is 10.2. The molecule has 0 radical (unpaired) electrons. The second-order valence-corrected chi connectivity index (χ2v) is 13.6. The molecule has 234 valence electrons. The zero-order valence-electron chi connectivity index (χ0n) is 25.5. The Kier molecular flexibility index (Phi) is 9.67.